The van der Waals surface area contributed by atoms with Gasteiger partial charge in [0.2, 0.25) is 5.91 Å². The number of nitrogens with zero attached hydrogens (tertiary/aromatic N) is 3. The molecule has 10 heteroatoms. The number of benzene rings is 2. The van der Waals surface area contributed by atoms with Gasteiger partial charge in [0.1, 0.15) is 11.9 Å². The Bertz CT molecular complexity index is 1360. The molecule has 0 spiro atoms. The molecule has 6 rings (SSSR count). The standard InChI is InChI=1S/C26H27N5O4S/c1-15-7-23(20-9-18(34-2)4-5-21(20)28-15)30-11-16(12-30)27-10-19-13-31(26(33)35-19)17-3-6-24-22(8-17)29-25(32)14-36-24/h3-9,16,19,27H,10-14H2,1-2H3,(H,29,32)/t19-/m1/s1. The average Bonchev–Trinajstić information content (AvgIpc) is 3.22. The Morgan fingerprint density at radius 3 is 2.86 bits per heavy atom. The molecule has 0 saturated carbocycles. The molecule has 2 saturated heterocycles. The van der Waals surface area contributed by atoms with Crippen molar-refractivity contribution < 1.29 is 19.1 Å². The Labute approximate surface area is 213 Å². The fourth-order valence-electron chi connectivity index (χ4n) is 4.88. The van der Waals surface area contributed by atoms with Gasteiger partial charge < -0.3 is 25.0 Å². The number of aryl methyl sites for hydroxylation is 1. The minimum Gasteiger partial charge on any atom is -0.497 e. The zero-order chi connectivity index (χ0) is 24.8. The molecule has 0 unspecified atom stereocenters. The third-order valence-electron chi connectivity index (χ3n) is 6.76. The van der Waals surface area contributed by atoms with E-state index in [-0.39, 0.29) is 18.1 Å². The highest BCUT2D eigenvalue weighted by Crippen LogP contribution is 2.36. The number of ether oxygens (including phenoxy) is 2. The van der Waals surface area contributed by atoms with Crippen molar-refractivity contribution in [3.8, 4) is 5.75 Å². The molecular formula is C26H27N5O4S. The lowest BCUT2D eigenvalue weighted by atomic mass is 10.0. The highest BCUT2D eigenvalue weighted by molar-refractivity contribution is 8.00. The summed E-state index contributed by atoms with van der Waals surface area (Å²) in [7, 11) is 1.67. The number of carbonyl (C=O) groups excluding carboxylic acids is 2. The summed E-state index contributed by atoms with van der Waals surface area (Å²) < 4.78 is 11.0. The first-order valence-corrected chi connectivity index (χ1v) is 12.9. The summed E-state index contributed by atoms with van der Waals surface area (Å²) in [5.41, 5.74) is 4.58. The first kappa shape index (κ1) is 22.9. The van der Waals surface area contributed by atoms with E-state index in [1.807, 2.05) is 43.3 Å². The van der Waals surface area contributed by atoms with E-state index >= 15 is 0 Å². The van der Waals surface area contributed by atoms with Crippen molar-refractivity contribution in [2.45, 2.75) is 24.0 Å². The second-order valence-electron chi connectivity index (χ2n) is 9.31. The van der Waals surface area contributed by atoms with Crippen LogP contribution in [0.4, 0.5) is 21.9 Å². The van der Waals surface area contributed by atoms with Crippen LogP contribution in [-0.2, 0) is 9.53 Å². The Balaban J connectivity index is 1.06. The van der Waals surface area contributed by atoms with Gasteiger partial charge >= 0.3 is 6.09 Å². The fraction of sp³-hybridized carbons (Fsp3) is 0.346. The second kappa shape index (κ2) is 9.18. The van der Waals surface area contributed by atoms with Gasteiger partial charge in [-0.3, -0.25) is 14.7 Å². The molecule has 1 aromatic heterocycles. The molecule has 2 fully saturated rings. The van der Waals surface area contributed by atoms with E-state index in [2.05, 4.69) is 26.6 Å². The van der Waals surface area contributed by atoms with Gasteiger partial charge in [-0.05, 0) is 49.4 Å². The first-order chi connectivity index (χ1) is 17.5. The van der Waals surface area contributed by atoms with Crippen molar-refractivity contribution in [1.82, 2.24) is 10.3 Å². The van der Waals surface area contributed by atoms with Gasteiger partial charge in [-0.1, -0.05) is 0 Å². The van der Waals surface area contributed by atoms with Crippen LogP contribution in [-0.4, -0.2) is 68.2 Å². The van der Waals surface area contributed by atoms with E-state index in [1.165, 1.54) is 11.8 Å². The molecule has 1 atom stereocenters. The maximum absolute atomic E-state index is 12.6. The van der Waals surface area contributed by atoms with E-state index in [0.29, 0.717) is 24.9 Å². The average molecular weight is 506 g/mol. The van der Waals surface area contributed by atoms with Crippen LogP contribution in [0.3, 0.4) is 0 Å². The van der Waals surface area contributed by atoms with Crippen molar-refractivity contribution in [2.24, 2.45) is 0 Å². The van der Waals surface area contributed by atoms with Crippen molar-refractivity contribution in [3.63, 3.8) is 0 Å². The highest BCUT2D eigenvalue weighted by atomic mass is 32.2. The van der Waals surface area contributed by atoms with E-state index in [1.54, 1.807) is 12.0 Å². The monoisotopic (exact) mass is 505 g/mol. The quantitative estimate of drug-likeness (QED) is 0.526. The van der Waals surface area contributed by atoms with Gasteiger partial charge in [-0.25, -0.2) is 4.79 Å². The van der Waals surface area contributed by atoms with Crippen LogP contribution in [0.25, 0.3) is 10.9 Å². The Kier molecular flexibility index (Phi) is 5.85. The van der Waals surface area contributed by atoms with Crippen LogP contribution in [0.5, 0.6) is 5.75 Å². The molecule has 4 heterocycles. The van der Waals surface area contributed by atoms with Gasteiger partial charge in [-0.2, -0.15) is 0 Å². The summed E-state index contributed by atoms with van der Waals surface area (Å²) in [5, 5.41) is 7.51. The number of pyridine rings is 1. The smallest absolute Gasteiger partial charge is 0.414 e. The third-order valence-corrected chi connectivity index (χ3v) is 7.83. The molecule has 36 heavy (non-hydrogen) atoms. The molecule has 0 radical (unpaired) electrons. The number of fused-ring (bicyclic) bond motifs is 2. The third kappa shape index (κ3) is 4.31. The Hall–Kier alpha value is -3.50. The van der Waals surface area contributed by atoms with Gasteiger partial charge in [-0.15, -0.1) is 11.8 Å². The second-order valence-corrected chi connectivity index (χ2v) is 10.3. The van der Waals surface area contributed by atoms with E-state index in [0.717, 1.165) is 57.4 Å². The highest BCUT2D eigenvalue weighted by Gasteiger charge is 2.35. The molecule has 2 amide bonds. The maximum Gasteiger partial charge on any atom is 0.414 e. The lowest BCUT2D eigenvalue weighted by Crippen LogP contribution is -2.59. The zero-order valence-electron chi connectivity index (χ0n) is 20.1. The van der Waals surface area contributed by atoms with E-state index in [4.69, 9.17) is 9.47 Å². The molecule has 0 aliphatic carbocycles. The number of thioether (sulfide) groups is 1. The summed E-state index contributed by atoms with van der Waals surface area (Å²) >= 11 is 1.50. The molecule has 186 valence electrons. The number of anilines is 3. The number of rotatable bonds is 6. The summed E-state index contributed by atoms with van der Waals surface area (Å²) in [4.78, 5) is 33.9. The summed E-state index contributed by atoms with van der Waals surface area (Å²) in [6, 6.07) is 14.1. The predicted molar refractivity (Wildman–Crippen MR) is 140 cm³/mol. The summed E-state index contributed by atoms with van der Waals surface area (Å²) in [6.07, 6.45) is -0.598. The lowest BCUT2D eigenvalue weighted by molar-refractivity contribution is -0.113. The molecule has 3 aromatic rings. The molecule has 0 bridgehead atoms. The number of hydrogen-bond acceptors (Lipinski definition) is 8. The van der Waals surface area contributed by atoms with E-state index < -0.39 is 0 Å². The van der Waals surface area contributed by atoms with Crippen molar-refractivity contribution in [2.75, 3.05) is 54.2 Å². The molecule has 3 aliphatic rings. The lowest BCUT2D eigenvalue weighted by Gasteiger charge is -2.42. The van der Waals surface area contributed by atoms with E-state index in [9.17, 15) is 9.59 Å². The Morgan fingerprint density at radius 2 is 2.03 bits per heavy atom. The number of carbonyl (C=O) groups is 2. The molecule has 2 aromatic carbocycles. The maximum atomic E-state index is 12.6. The van der Waals surface area contributed by atoms with Crippen LogP contribution in [0.1, 0.15) is 5.69 Å². The molecular weight excluding hydrogens is 478 g/mol. The van der Waals surface area contributed by atoms with Crippen LogP contribution >= 0.6 is 11.8 Å². The summed E-state index contributed by atoms with van der Waals surface area (Å²) in [6.45, 7) is 4.79. The minimum absolute atomic E-state index is 0.0284. The Morgan fingerprint density at radius 1 is 1.17 bits per heavy atom. The molecule has 3 aliphatic heterocycles. The number of amides is 2. The van der Waals surface area contributed by atoms with Crippen molar-refractivity contribution in [3.05, 3.63) is 48.2 Å². The first-order valence-electron chi connectivity index (χ1n) is 12.0. The van der Waals surface area contributed by atoms with Crippen molar-refractivity contribution >= 4 is 51.7 Å². The molecule has 9 nitrogen and oxygen atoms in total. The minimum atomic E-state index is -0.362. The number of aromatic nitrogens is 1. The summed E-state index contributed by atoms with van der Waals surface area (Å²) in [5.74, 6) is 1.20. The van der Waals surface area contributed by atoms with Crippen LogP contribution < -0.4 is 25.2 Å². The van der Waals surface area contributed by atoms with Crippen LogP contribution in [0.15, 0.2) is 47.4 Å². The van der Waals surface area contributed by atoms with Gasteiger partial charge in [0.05, 0.1) is 30.6 Å². The van der Waals surface area contributed by atoms with Crippen LogP contribution in [0.2, 0.25) is 0 Å². The topological polar surface area (TPSA) is 96.0 Å². The van der Waals surface area contributed by atoms with Gasteiger partial charge in [0, 0.05) is 53.0 Å². The fourth-order valence-corrected chi connectivity index (χ4v) is 5.67. The van der Waals surface area contributed by atoms with Gasteiger partial charge in [0.15, 0.2) is 0 Å². The van der Waals surface area contributed by atoms with Crippen LogP contribution in [0, 0.1) is 6.92 Å². The number of methoxy groups -OCH3 is 1. The molecule has 2 N–H and O–H groups in total. The largest absolute Gasteiger partial charge is 0.497 e. The zero-order valence-corrected chi connectivity index (χ0v) is 20.9. The van der Waals surface area contributed by atoms with Crippen molar-refractivity contribution in [1.29, 1.82) is 0 Å². The normalized spacial score (nSPS) is 19.7. The number of cyclic esters (lactones) is 1. The number of hydrogen-bond donors (Lipinski definition) is 2. The van der Waals surface area contributed by atoms with Gasteiger partial charge in [0.25, 0.3) is 0 Å². The SMILES string of the molecule is COc1ccc2nc(C)cc(N3CC(NC[C@@H]4CN(c5ccc6c(c5)NC(=O)CS6)C(=O)O4)C3)c2c1. The predicted octanol–water partition coefficient (Wildman–Crippen LogP) is 3.40. The number of nitrogens with one attached hydrogen (secondary N) is 2.